The van der Waals surface area contributed by atoms with Gasteiger partial charge in [-0.25, -0.2) is 4.98 Å². The molecule has 2 saturated heterocycles. The van der Waals surface area contributed by atoms with Crippen molar-refractivity contribution in [1.29, 1.82) is 0 Å². The number of nitrogens with one attached hydrogen (secondary N) is 1. The van der Waals surface area contributed by atoms with E-state index < -0.39 is 0 Å². The maximum absolute atomic E-state index is 6.70. The molecule has 0 saturated carbocycles. The molecule has 2 fully saturated rings. The number of H-pyrrole nitrogens is 1. The van der Waals surface area contributed by atoms with Crippen LogP contribution in [-0.2, 0) is 11.2 Å². The number of ether oxygens (including phenoxy) is 1. The Morgan fingerprint density at radius 3 is 2.71 bits per heavy atom. The predicted molar refractivity (Wildman–Crippen MR) is 141 cm³/mol. The molecular weight excluding hydrogens is 434 g/mol. The lowest BCUT2D eigenvalue weighted by molar-refractivity contribution is 0.0128. The Kier molecular flexibility index (Phi) is 5.48. The third-order valence-electron chi connectivity index (χ3n) is 9.14. The van der Waals surface area contributed by atoms with Crippen molar-refractivity contribution in [2.45, 2.75) is 65.0 Å². The van der Waals surface area contributed by atoms with Gasteiger partial charge in [0.2, 0.25) is 0 Å². The van der Waals surface area contributed by atoms with E-state index in [0.717, 1.165) is 50.5 Å². The molecule has 6 heteroatoms. The van der Waals surface area contributed by atoms with E-state index in [1.165, 1.54) is 46.6 Å². The highest BCUT2D eigenvalue weighted by atomic mass is 16.5. The average molecular weight is 474 g/mol. The number of nitrogens with two attached hydrogens (primary N) is 1. The second-order valence-corrected chi connectivity index (χ2v) is 11.5. The molecule has 2 aromatic rings. The average Bonchev–Trinajstić information content (AvgIpc) is 3.60. The van der Waals surface area contributed by atoms with Crippen LogP contribution >= 0.6 is 0 Å². The first-order chi connectivity index (χ1) is 16.8. The van der Waals surface area contributed by atoms with Crippen LogP contribution < -0.4 is 10.6 Å². The highest BCUT2D eigenvalue weighted by Gasteiger charge is 2.47. The van der Waals surface area contributed by atoms with E-state index in [4.69, 9.17) is 10.5 Å². The van der Waals surface area contributed by atoms with Crippen molar-refractivity contribution >= 4 is 5.69 Å². The number of rotatable bonds is 4. The van der Waals surface area contributed by atoms with Gasteiger partial charge in [-0.2, -0.15) is 0 Å². The van der Waals surface area contributed by atoms with E-state index in [9.17, 15) is 0 Å². The van der Waals surface area contributed by atoms with Gasteiger partial charge in [-0.15, -0.1) is 0 Å². The number of hydrogen-bond donors (Lipinski definition) is 2. The first kappa shape index (κ1) is 22.7. The number of fused-ring (bicyclic) bond motifs is 2. The van der Waals surface area contributed by atoms with Crippen molar-refractivity contribution in [3.05, 3.63) is 58.8 Å². The van der Waals surface area contributed by atoms with Crippen LogP contribution in [0.2, 0.25) is 0 Å². The molecule has 0 amide bonds. The number of nitrogens with zero attached hydrogens (tertiary/aromatic N) is 3. The minimum atomic E-state index is -0.129. The van der Waals surface area contributed by atoms with E-state index >= 15 is 0 Å². The largest absolute Gasteiger partial charge is 0.490 e. The fourth-order valence-corrected chi connectivity index (χ4v) is 6.99. The molecule has 3 unspecified atom stereocenters. The van der Waals surface area contributed by atoms with Gasteiger partial charge in [0.15, 0.2) is 0 Å². The van der Waals surface area contributed by atoms with Gasteiger partial charge in [-0.3, -0.25) is 4.90 Å². The molecule has 3 aliphatic heterocycles. The van der Waals surface area contributed by atoms with Crippen LogP contribution in [0, 0.1) is 11.8 Å². The molecule has 1 aliphatic carbocycles. The summed E-state index contributed by atoms with van der Waals surface area (Å²) in [6.45, 7) is 13.3. The van der Waals surface area contributed by atoms with Crippen LogP contribution in [0.15, 0.2) is 53.2 Å². The molecule has 186 valence electrons. The van der Waals surface area contributed by atoms with Gasteiger partial charge in [0.25, 0.3) is 0 Å². The van der Waals surface area contributed by atoms with Crippen molar-refractivity contribution in [3.63, 3.8) is 0 Å². The normalized spacial score (nSPS) is 29.5. The second kappa shape index (κ2) is 8.44. The van der Waals surface area contributed by atoms with Crippen molar-refractivity contribution in [2.24, 2.45) is 17.6 Å². The monoisotopic (exact) mass is 473 g/mol. The Balaban J connectivity index is 1.09. The number of aromatic amines is 1. The molecule has 0 spiro atoms. The van der Waals surface area contributed by atoms with Gasteiger partial charge in [0.1, 0.15) is 17.2 Å². The summed E-state index contributed by atoms with van der Waals surface area (Å²) in [6, 6.07) is 7.46. The van der Waals surface area contributed by atoms with Gasteiger partial charge in [-0.05, 0) is 81.4 Å². The molecular formula is C29H39N5O. The van der Waals surface area contributed by atoms with Crippen molar-refractivity contribution in [1.82, 2.24) is 14.9 Å². The number of anilines is 1. The van der Waals surface area contributed by atoms with E-state index in [-0.39, 0.29) is 5.60 Å². The van der Waals surface area contributed by atoms with Crippen molar-refractivity contribution in [3.8, 4) is 11.4 Å². The number of benzene rings is 1. The summed E-state index contributed by atoms with van der Waals surface area (Å²) in [5.74, 6) is 2.94. The molecule has 4 aliphatic rings. The summed E-state index contributed by atoms with van der Waals surface area (Å²) in [5.41, 5.74) is 13.9. The fraction of sp³-hybridized carbons (Fsp3) is 0.552. The molecule has 35 heavy (non-hydrogen) atoms. The first-order valence-electron chi connectivity index (χ1n) is 13.3. The zero-order valence-electron chi connectivity index (χ0n) is 21.6. The molecule has 0 bridgehead atoms. The summed E-state index contributed by atoms with van der Waals surface area (Å²) in [4.78, 5) is 12.9. The number of likely N-dealkylation sites (tertiary alicyclic amines) is 1. The number of aromatic nitrogens is 2. The summed E-state index contributed by atoms with van der Waals surface area (Å²) in [7, 11) is 0. The van der Waals surface area contributed by atoms with Crippen LogP contribution in [0.1, 0.15) is 52.5 Å². The minimum absolute atomic E-state index is 0.129. The molecule has 6 nitrogen and oxygen atoms in total. The topological polar surface area (TPSA) is 70.4 Å². The van der Waals surface area contributed by atoms with Crippen molar-refractivity contribution < 1.29 is 4.74 Å². The molecule has 6 rings (SSSR count). The van der Waals surface area contributed by atoms with Gasteiger partial charge in [-0.1, -0.05) is 6.92 Å². The van der Waals surface area contributed by atoms with E-state index in [0.29, 0.717) is 17.9 Å². The SMILES string of the molecule is CC1=C(N)C(C)C2CC(C)(CN3CCC(N4CCc5cc(-c6ncc[nH]6)ccc54)CC3)OC2=C1C. The van der Waals surface area contributed by atoms with Gasteiger partial charge >= 0.3 is 0 Å². The number of piperidine rings is 1. The number of imidazole rings is 1. The Labute approximate surface area is 209 Å². The summed E-state index contributed by atoms with van der Waals surface area (Å²) in [5, 5.41) is 0. The van der Waals surface area contributed by atoms with E-state index in [1.54, 1.807) is 0 Å². The molecule has 3 atom stereocenters. The third kappa shape index (κ3) is 3.86. The Morgan fingerprint density at radius 2 is 1.97 bits per heavy atom. The Morgan fingerprint density at radius 1 is 1.17 bits per heavy atom. The maximum atomic E-state index is 6.70. The van der Waals surface area contributed by atoms with E-state index in [2.05, 4.69) is 65.7 Å². The van der Waals surface area contributed by atoms with Crippen LogP contribution in [0.3, 0.4) is 0 Å². The zero-order chi connectivity index (χ0) is 24.3. The number of hydrogen-bond acceptors (Lipinski definition) is 5. The lowest BCUT2D eigenvalue weighted by Gasteiger charge is -2.40. The molecule has 4 heterocycles. The van der Waals surface area contributed by atoms with Crippen LogP contribution in [0.25, 0.3) is 11.4 Å². The second-order valence-electron chi connectivity index (χ2n) is 11.5. The van der Waals surface area contributed by atoms with Gasteiger partial charge in [0, 0.05) is 73.4 Å². The van der Waals surface area contributed by atoms with E-state index in [1.807, 2.05) is 12.4 Å². The van der Waals surface area contributed by atoms with Crippen molar-refractivity contribution in [2.75, 3.05) is 31.1 Å². The fourth-order valence-electron chi connectivity index (χ4n) is 6.99. The summed E-state index contributed by atoms with van der Waals surface area (Å²) >= 11 is 0. The number of allylic oxidation sites excluding steroid dienone is 4. The zero-order valence-corrected chi connectivity index (χ0v) is 21.6. The maximum Gasteiger partial charge on any atom is 0.137 e. The highest BCUT2D eigenvalue weighted by molar-refractivity contribution is 5.67. The lowest BCUT2D eigenvalue weighted by atomic mass is 9.77. The molecule has 1 aromatic heterocycles. The van der Waals surface area contributed by atoms with Gasteiger partial charge in [0.05, 0.1) is 0 Å². The van der Waals surface area contributed by atoms with Crippen LogP contribution in [0.5, 0.6) is 0 Å². The standard InChI is InChI=1S/C29H39N5O/c1-18-19(2)27-24(20(3)26(18)30)16-29(4,35-27)17-33-12-8-23(9-13-33)34-14-7-21-15-22(5-6-25(21)34)28-31-10-11-32-28/h5-6,10-11,15,20,23-24H,7-9,12-14,16-17,30H2,1-4H3,(H,31,32). The first-order valence-corrected chi connectivity index (χ1v) is 13.3. The Bertz CT molecular complexity index is 1170. The minimum Gasteiger partial charge on any atom is -0.490 e. The smallest absolute Gasteiger partial charge is 0.137 e. The predicted octanol–water partition coefficient (Wildman–Crippen LogP) is 4.86. The third-order valence-corrected chi connectivity index (χ3v) is 9.14. The van der Waals surface area contributed by atoms with Crippen LogP contribution in [0.4, 0.5) is 5.69 Å². The lowest BCUT2D eigenvalue weighted by Crippen LogP contribution is -2.49. The quantitative estimate of drug-likeness (QED) is 0.664. The van der Waals surface area contributed by atoms with Gasteiger partial charge < -0.3 is 20.4 Å². The summed E-state index contributed by atoms with van der Waals surface area (Å²) in [6.07, 6.45) is 8.32. The molecule has 0 radical (unpaired) electrons. The summed E-state index contributed by atoms with van der Waals surface area (Å²) < 4.78 is 6.70. The highest BCUT2D eigenvalue weighted by Crippen LogP contribution is 2.49. The Hall–Kier alpha value is -2.73. The van der Waals surface area contributed by atoms with Crippen LogP contribution in [-0.4, -0.2) is 52.7 Å². The molecule has 1 aromatic carbocycles. The molecule has 3 N–H and O–H groups in total.